The largest absolute Gasteiger partial charge is 0.404 e. The summed E-state index contributed by atoms with van der Waals surface area (Å²) in [7, 11) is 3.09. The average Bonchev–Trinajstić information content (AvgIpc) is 2.51. The van der Waals surface area contributed by atoms with Gasteiger partial charge in [0.2, 0.25) is 0 Å². The highest BCUT2D eigenvalue weighted by Gasteiger charge is 2.44. The minimum absolute atomic E-state index is 0.0391. The summed E-state index contributed by atoms with van der Waals surface area (Å²) in [5.74, 6) is -0.142. The summed E-state index contributed by atoms with van der Waals surface area (Å²) >= 11 is 0. The highest BCUT2D eigenvalue weighted by atomic mass is 19.4. The molecule has 2 atom stereocenters. The van der Waals surface area contributed by atoms with Gasteiger partial charge >= 0.3 is 6.18 Å². The number of likely N-dealkylation sites (N-methyl/N-ethyl adjacent to an activating group) is 1. The maximum Gasteiger partial charge on any atom is 0.404 e. The van der Waals surface area contributed by atoms with Gasteiger partial charge in [0.05, 0.1) is 0 Å². The normalized spacial score (nSPS) is 22.8. The molecule has 1 fully saturated rings. The van der Waals surface area contributed by atoms with Crippen LogP contribution in [-0.2, 0) is 6.54 Å². The third-order valence-corrected chi connectivity index (χ3v) is 4.24. The Morgan fingerprint density at radius 2 is 1.91 bits per heavy atom. The van der Waals surface area contributed by atoms with Crippen LogP contribution in [0, 0.1) is 0 Å². The molecule has 1 aliphatic heterocycles. The Bertz CT molecular complexity index is 530. The van der Waals surface area contributed by atoms with E-state index in [1.807, 2.05) is 12.1 Å². The van der Waals surface area contributed by atoms with Crippen molar-refractivity contribution in [3.05, 3.63) is 35.4 Å². The second kappa shape index (κ2) is 7.31. The van der Waals surface area contributed by atoms with Crippen molar-refractivity contribution in [1.82, 2.24) is 15.5 Å². The van der Waals surface area contributed by atoms with Crippen molar-refractivity contribution in [2.45, 2.75) is 37.6 Å². The number of carbonyl (C=O) groups is 1. The molecular weight excluding hydrogens is 307 g/mol. The molecule has 0 bridgehead atoms. The number of piperidine rings is 1. The lowest BCUT2D eigenvalue weighted by Gasteiger charge is -2.38. The zero-order valence-corrected chi connectivity index (χ0v) is 13.3. The van der Waals surface area contributed by atoms with Gasteiger partial charge in [-0.3, -0.25) is 9.69 Å². The zero-order valence-electron chi connectivity index (χ0n) is 13.3. The Morgan fingerprint density at radius 3 is 2.43 bits per heavy atom. The van der Waals surface area contributed by atoms with E-state index in [-0.39, 0.29) is 18.4 Å². The number of nitrogens with one attached hydrogen (secondary N) is 2. The first-order valence-electron chi connectivity index (χ1n) is 7.62. The van der Waals surface area contributed by atoms with Crippen LogP contribution in [0.25, 0.3) is 0 Å². The SMILES string of the molecule is CNC(=O)c1ccc(CN[C@H]2CC[C@H](C(F)(F)F)N(C)C2)cc1. The van der Waals surface area contributed by atoms with Gasteiger partial charge < -0.3 is 10.6 Å². The van der Waals surface area contributed by atoms with Crippen LogP contribution in [-0.4, -0.2) is 49.7 Å². The second-order valence-electron chi connectivity index (χ2n) is 5.93. The molecule has 0 aromatic heterocycles. The highest BCUT2D eigenvalue weighted by Crippen LogP contribution is 2.30. The first-order valence-corrected chi connectivity index (χ1v) is 7.62. The van der Waals surface area contributed by atoms with Gasteiger partial charge in [-0.2, -0.15) is 13.2 Å². The number of amides is 1. The first-order chi connectivity index (χ1) is 10.8. The Kier molecular flexibility index (Phi) is 5.64. The van der Waals surface area contributed by atoms with Gasteiger partial charge in [0.15, 0.2) is 0 Å². The molecule has 23 heavy (non-hydrogen) atoms. The Hall–Kier alpha value is -1.60. The van der Waals surface area contributed by atoms with Gasteiger partial charge in [-0.25, -0.2) is 0 Å². The number of hydrogen-bond acceptors (Lipinski definition) is 3. The number of rotatable bonds is 4. The molecule has 1 heterocycles. The van der Waals surface area contributed by atoms with Gasteiger partial charge in [-0.1, -0.05) is 12.1 Å². The van der Waals surface area contributed by atoms with Crippen LogP contribution in [0.3, 0.4) is 0 Å². The minimum Gasteiger partial charge on any atom is -0.355 e. The maximum atomic E-state index is 12.8. The predicted molar refractivity (Wildman–Crippen MR) is 82.2 cm³/mol. The molecule has 1 saturated heterocycles. The molecule has 0 aliphatic carbocycles. The molecule has 4 nitrogen and oxygen atoms in total. The molecule has 1 aliphatic rings. The van der Waals surface area contributed by atoms with E-state index in [1.54, 1.807) is 19.2 Å². The van der Waals surface area contributed by atoms with E-state index in [9.17, 15) is 18.0 Å². The van der Waals surface area contributed by atoms with Crippen molar-refractivity contribution in [3.63, 3.8) is 0 Å². The van der Waals surface area contributed by atoms with Crippen molar-refractivity contribution < 1.29 is 18.0 Å². The lowest BCUT2D eigenvalue weighted by molar-refractivity contribution is -0.188. The summed E-state index contributed by atoms with van der Waals surface area (Å²) in [4.78, 5) is 12.8. The molecule has 7 heteroatoms. The summed E-state index contributed by atoms with van der Waals surface area (Å²) in [6, 6.07) is 5.88. The molecule has 0 unspecified atom stereocenters. The van der Waals surface area contributed by atoms with Crippen molar-refractivity contribution in [1.29, 1.82) is 0 Å². The van der Waals surface area contributed by atoms with Crippen LogP contribution in [0.4, 0.5) is 13.2 Å². The monoisotopic (exact) mass is 329 g/mol. The van der Waals surface area contributed by atoms with Gasteiger partial charge in [0.1, 0.15) is 6.04 Å². The van der Waals surface area contributed by atoms with Crippen molar-refractivity contribution in [3.8, 4) is 0 Å². The number of alkyl halides is 3. The summed E-state index contributed by atoms with van der Waals surface area (Å²) in [6.07, 6.45) is -3.53. The zero-order chi connectivity index (χ0) is 17.0. The van der Waals surface area contributed by atoms with E-state index in [4.69, 9.17) is 0 Å². The molecule has 2 N–H and O–H groups in total. The Balaban J connectivity index is 1.84. The van der Waals surface area contributed by atoms with E-state index >= 15 is 0 Å². The lowest BCUT2D eigenvalue weighted by Crippen LogP contribution is -2.53. The maximum absolute atomic E-state index is 12.8. The fourth-order valence-electron chi connectivity index (χ4n) is 2.91. The van der Waals surface area contributed by atoms with Crippen LogP contribution in [0.1, 0.15) is 28.8 Å². The van der Waals surface area contributed by atoms with Crippen LogP contribution in [0.2, 0.25) is 0 Å². The number of likely N-dealkylation sites (tertiary alicyclic amines) is 1. The van der Waals surface area contributed by atoms with Crippen LogP contribution in [0.5, 0.6) is 0 Å². The standard InChI is InChI=1S/C16H22F3N3O/c1-20-15(23)12-5-3-11(4-6-12)9-21-13-7-8-14(16(17,18)19)22(2)10-13/h3-6,13-14,21H,7-10H2,1-2H3,(H,20,23)/t13-,14+/m0/s1. The lowest BCUT2D eigenvalue weighted by atomic mass is 9.98. The van der Waals surface area contributed by atoms with E-state index in [0.717, 1.165) is 5.56 Å². The van der Waals surface area contributed by atoms with Gasteiger partial charge in [-0.05, 0) is 37.6 Å². The van der Waals surface area contributed by atoms with E-state index in [1.165, 1.54) is 11.9 Å². The Morgan fingerprint density at radius 1 is 1.26 bits per heavy atom. The van der Waals surface area contributed by atoms with Crippen LogP contribution < -0.4 is 10.6 Å². The number of halogens is 3. The topological polar surface area (TPSA) is 44.4 Å². The van der Waals surface area contributed by atoms with Gasteiger partial charge in [0, 0.05) is 31.7 Å². The molecule has 128 valence electrons. The number of carbonyl (C=O) groups excluding carboxylic acids is 1. The fourth-order valence-corrected chi connectivity index (χ4v) is 2.91. The summed E-state index contributed by atoms with van der Waals surface area (Å²) in [6.45, 7) is 0.948. The second-order valence-corrected chi connectivity index (χ2v) is 5.93. The third-order valence-electron chi connectivity index (χ3n) is 4.24. The van der Waals surface area contributed by atoms with Crippen LogP contribution >= 0.6 is 0 Å². The summed E-state index contributed by atoms with van der Waals surface area (Å²) in [5.41, 5.74) is 1.58. The van der Waals surface area contributed by atoms with Crippen molar-refractivity contribution in [2.24, 2.45) is 0 Å². The minimum atomic E-state index is -4.16. The summed E-state index contributed by atoms with van der Waals surface area (Å²) < 4.78 is 38.4. The smallest absolute Gasteiger partial charge is 0.355 e. The first kappa shape index (κ1) is 17.7. The quantitative estimate of drug-likeness (QED) is 0.890. The van der Waals surface area contributed by atoms with E-state index in [2.05, 4.69) is 10.6 Å². The van der Waals surface area contributed by atoms with Crippen LogP contribution in [0.15, 0.2) is 24.3 Å². The molecular formula is C16H22F3N3O. The molecule has 1 aromatic rings. The molecule has 0 saturated carbocycles. The molecule has 1 amide bonds. The number of nitrogens with zero attached hydrogens (tertiary/aromatic N) is 1. The molecule has 2 rings (SSSR count). The average molecular weight is 329 g/mol. The summed E-state index contributed by atoms with van der Waals surface area (Å²) in [5, 5.41) is 5.85. The predicted octanol–water partition coefficient (Wildman–Crippen LogP) is 2.16. The van der Waals surface area contributed by atoms with Crippen molar-refractivity contribution >= 4 is 5.91 Å². The van der Waals surface area contributed by atoms with E-state index < -0.39 is 12.2 Å². The Labute approximate surface area is 134 Å². The van der Waals surface area contributed by atoms with E-state index in [0.29, 0.717) is 25.1 Å². The fraction of sp³-hybridized carbons (Fsp3) is 0.562. The number of hydrogen-bond donors (Lipinski definition) is 2. The molecule has 0 spiro atoms. The molecule has 1 aromatic carbocycles. The van der Waals surface area contributed by atoms with Gasteiger partial charge in [0.25, 0.3) is 5.91 Å². The highest BCUT2D eigenvalue weighted by molar-refractivity contribution is 5.93. The molecule has 0 radical (unpaired) electrons. The van der Waals surface area contributed by atoms with Crippen molar-refractivity contribution in [2.75, 3.05) is 20.6 Å². The van der Waals surface area contributed by atoms with Gasteiger partial charge in [-0.15, -0.1) is 0 Å². The number of benzene rings is 1. The third kappa shape index (κ3) is 4.68.